The highest BCUT2D eigenvalue weighted by Gasteiger charge is 2.39. The summed E-state index contributed by atoms with van der Waals surface area (Å²) in [7, 11) is -2.19. The van der Waals surface area contributed by atoms with Gasteiger partial charge >= 0.3 is 0 Å². The fourth-order valence-electron chi connectivity index (χ4n) is 2.45. The van der Waals surface area contributed by atoms with Crippen molar-refractivity contribution >= 4 is 27.3 Å². The first-order valence-corrected chi connectivity index (χ1v) is 8.76. The highest BCUT2D eigenvalue weighted by Crippen LogP contribution is 2.38. The molecule has 1 aromatic carbocycles. The van der Waals surface area contributed by atoms with E-state index < -0.39 is 10.0 Å². The van der Waals surface area contributed by atoms with Gasteiger partial charge in [-0.2, -0.15) is 4.31 Å². The first kappa shape index (κ1) is 16.5. The second-order valence-electron chi connectivity index (χ2n) is 5.34. The Hall–Kier alpha value is -0.820. The number of methoxy groups -OCH3 is 1. The molecule has 1 aliphatic carbocycles. The quantitative estimate of drug-likeness (QED) is 0.778. The molecule has 0 amide bonds. The van der Waals surface area contributed by atoms with Crippen LogP contribution in [0.25, 0.3) is 0 Å². The Morgan fingerprint density at radius 3 is 2.67 bits per heavy atom. The third-order valence-corrected chi connectivity index (χ3v) is 6.37. The molecular weight excluding hydrogens is 312 g/mol. The molecule has 1 aromatic rings. The number of sulfonamides is 1. The normalized spacial score (nSPS) is 17.1. The molecule has 0 aliphatic heterocycles. The van der Waals surface area contributed by atoms with E-state index in [1.165, 1.54) is 4.31 Å². The Morgan fingerprint density at radius 2 is 2.14 bits per heavy atom. The highest BCUT2D eigenvalue weighted by molar-refractivity contribution is 7.89. The Kier molecular flexibility index (Phi) is 5.14. The van der Waals surface area contributed by atoms with Crippen LogP contribution < -0.4 is 5.73 Å². The van der Waals surface area contributed by atoms with E-state index in [0.717, 1.165) is 12.8 Å². The molecule has 0 radical (unpaired) electrons. The van der Waals surface area contributed by atoms with Gasteiger partial charge in [0.1, 0.15) is 4.90 Å². The van der Waals surface area contributed by atoms with Crippen molar-refractivity contribution in [1.29, 1.82) is 0 Å². The van der Waals surface area contributed by atoms with Crippen LogP contribution in [0.2, 0.25) is 5.02 Å². The fraction of sp³-hybridized carbons (Fsp3) is 0.571. The molecule has 21 heavy (non-hydrogen) atoms. The molecule has 1 atom stereocenters. The summed E-state index contributed by atoms with van der Waals surface area (Å²) in [5, 5.41) is 0.153. The molecule has 1 aliphatic rings. The molecule has 0 saturated heterocycles. The van der Waals surface area contributed by atoms with Crippen molar-refractivity contribution in [2.75, 3.05) is 26.0 Å². The minimum Gasteiger partial charge on any atom is -0.398 e. The van der Waals surface area contributed by atoms with Crippen LogP contribution in [0.4, 0.5) is 5.69 Å². The molecule has 118 valence electrons. The number of nitrogens with zero attached hydrogens (tertiary/aromatic N) is 1. The van der Waals surface area contributed by atoms with Gasteiger partial charge in [0, 0.05) is 19.7 Å². The molecular formula is C14H21ClN2O3S. The summed E-state index contributed by atoms with van der Waals surface area (Å²) < 4.78 is 32.4. The summed E-state index contributed by atoms with van der Waals surface area (Å²) in [6, 6.07) is 4.65. The van der Waals surface area contributed by atoms with Gasteiger partial charge in [-0.25, -0.2) is 8.42 Å². The van der Waals surface area contributed by atoms with Crippen LogP contribution in [0.15, 0.2) is 23.1 Å². The summed E-state index contributed by atoms with van der Waals surface area (Å²) in [4.78, 5) is -0.00438. The molecule has 1 fully saturated rings. The summed E-state index contributed by atoms with van der Waals surface area (Å²) in [6.07, 6.45) is 2.11. The van der Waals surface area contributed by atoms with Gasteiger partial charge in [0.05, 0.1) is 17.3 Å². The number of benzene rings is 1. The third-order valence-electron chi connectivity index (χ3n) is 3.84. The number of hydrogen-bond donors (Lipinski definition) is 1. The lowest BCUT2D eigenvalue weighted by atomic mass is 10.2. The number of anilines is 1. The maximum atomic E-state index is 13.0. The van der Waals surface area contributed by atoms with Gasteiger partial charge < -0.3 is 10.5 Å². The minimum absolute atomic E-state index is 0.00438. The Bertz CT molecular complexity index is 582. The first-order valence-electron chi connectivity index (χ1n) is 6.94. The predicted octanol–water partition coefficient (Wildman–Crippen LogP) is 2.36. The second-order valence-corrected chi connectivity index (χ2v) is 7.58. The predicted molar refractivity (Wildman–Crippen MR) is 83.8 cm³/mol. The van der Waals surface area contributed by atoms with Crippen LogP contribution in [-0.4, -0.2) is 39.0 Å². The summed E-state index contributed by atoms with van der Waals surface area (Å²) in [6.45, 7) is 2.56. The van der Waals surface area contributed by atoms with Gasteiger partial charge in [-0.3, -0.25) is 0 Å². The zero-order valence-electron chi connectivity index (χ0n) is 12.3. The van der Waals surface area contributed by atoms with Gasteiger partial charge in [0.25, 0.3) is 0 Å². The number of ether oxygens (including phenoxy) is 1. The van der Waals surface area contributed by atoms with E-state index in [-0.39, 0.29) is 21.6 Å². The minimum atomic E-state index is -3.74. The Labute approximate surface area is 131 Å². The largest absolute Gasteiger partial charge is 0.398 e. The smallest absolute Gasteiger partial charge is 0.246 e. The molecule has 5 nitrogen and oxygen atoms in total. The van der Waals surface area contributed by atoms with E-state index >= 15 is 0 Å². The molecule has 2 N–H and O–H groups in total. The first-order chi connectivity index (χ1) is 9.89. The van der Waals surface area contributed by atoms with Crippen LogP contribution in [0.5, 0.6) is 0 Å². The average molecular weight is 333 g/mol. The monoisotopic (exact) mass is 332 g/mol. The maximum Gasteiger partial charge on any atom is 0.246 e. The standard InChI is InChI=1S/C14H21ClN2O3S/c1-10(11-6-7-11)17(8-9-20-2)21(18,19)14-12(15)4-3-5-13(14)16/h3-5,10-11H,6-9,16H2,1-2H3. The van der Waals surface area contributed by atoms with Crippen molar-refractivity contribution in [2.45, 2.75) is 30.7 Å². The lowest BCUT2D eigenvalue weighted by Gasteiger charge is -2.29. The van der Waals surface area contributed by atoms with Crippen LogP contribution in [0, 0.1) is 5.92 Å². The number of rotatable bonds is 7. The van der Waals surface area contributed by atoms with Gasteiger partial charge in [0.15, 0.2) is 0 Å². The number of nitrogen functional groups attached to an aromatic ring is 1. The van der Waals surface area contributed by atoms with E-state index in [2.05, 4.69) is 0 Å². The van der Waals surface area contributed by atoms with Gasteiger partial charge in [-0.15, -0.1) is 0 Å². The molecule has 1 saturated carbocycles. The lowest BCUT2D eigenvalue weighted by Crippen LogP contribution is -2.42. The fourth-order valence-corrected chi connectivity index (χ4v) is 4.77. The SMILES string of the molecule is COCCN(C(C)C1CC1)S(=O)(=O)c1c(N)cccc1Cl. The van der Waals surface area contributed by atoms with Crippen molar-refractivity contribution in [3.63, 3.8) is 0 Å². The van der Waals surface area contributed by atoms with Crippen LogP contribution >= 0.6 is 11.6 Å². The van der Waals surface area contributed by atoms with Crippen LogP contribution in [0.1, 0.15) is 19.8 Å². The van der Waals surface area contributed by atoms with E-state index in [9.17, 15) is 8.42 Å². The van der Waals surface area contributed by atoms with Crippen molar-refractivity contribution in [2.24, 2.45) is 5.92 Å². The van der Waals surface area contributed by atoms with Gasteiger partial charge in [-0.1, -0.05) is 17.7 Å². The van der Waals surface area contributed by atoms with Crippen molar-refractivity contribution in [3.8, 4) is 0 Å². The topological polar surface area (TPSA) is 72.6 Å². The summed E-state index contributed by atoms with van der Waals surface area (Å²) >= 11 is 6.07. The van der Waals surface area contributed by atoms with E-state index in [4.69, 9.17) is 22.1 Å². The maximum absolute atomic E-state index is 13.0. The Balaban J connectivity index is 2.41. The summed E-state index contributed by atoms with van der Waals surface area (Å²) in [5.74, 6) is 0.403. The lowest BCUT2D eigenvalue weighted by molar-refractivity contribution is 0.164. The molecule has 2 rings (SSSR count). The molecule has 7 heteroatoms. The molecule has 0 heterocycles. The number of hydrogen-bond acceptors (Lipinski definition) is 4. The van der Waals surface area contributed by atoms with Crippen LogP contribution in [-0.2, 0) is 14.8 Å². The van der Waals surface area contributed by atoms with Crippen molar-refractivity contribution in [1.82, 2.24) is 4.31 Å². The molecule has 1 unspecified atom stereocenters. The highest BCUT2D eigenvalue weighted by atomic mass is 35.5. The van der Waals surface area contributed by atoms with Crippen molar-refractivity contribution in [3.05, 3.63) is 23.2 Å². The average Bonchev–Trinajstić information content (AvgIpc) is 3.22. The zero-order valence-corrected chi connectivity index (χ0v) is 13.8. The molecule has 0 bridgehead atoms. The Morgan fingerprint density at radius 1 is 1.48 bits per heavy atom. The second kappa shape index (κ2) is 6.52. The number of nitrogens with two attached hydrogens (primary N) is 1. The summed E-state index contributed by atoms with van der Waals surface area (Å²) in [5.41, 5.74) is 6.02. The van der Waals surface area contributed by atoms with E-state index in [1.54, 1.807) is 25.3 Å². The van der Waals surface area contributed by atoms with E-state index in [0.29, 0.717) is 19.1 Å². The van der Waals surface area contributed by atoms with Gasteiger partial charge in [0.2, 0.25) is 10.0 Å². The van der Waals surface area contributed by atoms with Gasteiger partial charge in [-0.05, 0) is 37.8 Å². The van der Waals surface area contributed by atoms with Crippen molar-refractivity contribution < 1.29 is 13.2 Å². The number of halogens is 1. The molecule has 0 aromatic heterocycles. The van der Waals surface area contributed by atoms with Crippen LogP contribution in [0.3, 0.4) is 0 Å². The third kappa shape index (κ3) is 3.51. The molecule has 0 spiro atoms. The zero-order chi connectivity index (χ0) is 15.6. The van der Waals surface area contributed by atoms with E-state index in [1.807, 2.05) is 6.92 Å².